The maximum absolute atomic E-state index is 12.0. The number of amides is 1. The van der Waals surface area contributed by atoms with Gasteiger partial charge in [-0.1, -0.05) is 15.9 Å². The Morgan fingerprint density at radius 2 is 2.00 bits per heavy atom. The number of carbonyl (C=O) groups is 2. The highest BCUT2D eigenvalue weighted by molar-refractivity contribution is 9.10. The van der Waals surface area contributed by atoms with Crippen LogP contribution < -0.4 is 10.1 Å². The van der Waals surface area contributed by atoms with E-state index in [1.807, 2.05) is 0 Å². The zero-order valence-corrected chi connectivity index (χ0v) is 11.9. The molecule has 6 heteroatoms. The third-order valence-corrected chi connectivity index (χ3v) is 2.80. The smallest absolute Gasteiger partial charge is 0.328 e. The van der Waals surface area contributed by atoms with E-state index in [-0.39, 0.29) is 0 Å². The van der Waals surface area contributed by atoms with Crippen molar-refractivity contribution in [2.75, 3.05) is 14.2 Å². The molecule has 0 aliphatic carbocycles. The second-order valence-corrected chi connectivity index (χ2v) is 4.48. The van der Waals surface area contributed by atoms with Gasteiger partial charge in [-0.05, 0) is 25.1 Å². The Morgan fingerprint density at radius 1 is 1.33 bits per heavy atom. The Kier molecular flexibility index (Phi) is 5.15. The molecule has 0 radical (unpaired) electrons. The fraction of sp³-hybridized carbons (Fsp3) is 0.333. The van der Waals surface area contributed by atoms with Crippen molar-refractivity contribution in [3.05, 3.63) is 28.2 Å². The van der Waals surface area contributed by atoms with Gasteiger partial charge in [-0.15, -0.1) is 0 Å². The number of rotatable bonds is 4. The molecule has 0 aliphatic heterocycles. The Balaban J connectivity index is 2.87. The molecule has 1 atom stereocenters. The van der Waals surface area contributed by atoms with E-state index >= 15 is 0 Å². The summed E-state index contributed by atoms with van der Waals surface area (Å²) in [5.74, 6) is -0.462. The number of ether oxygens (including phenoxy) is 2. The molecule has 18 heavy (non-hydrogen) atoms. The number of esters is 1. The van der Waals surface area contributed by atoms with Gasteiger partial charge in [0.05, 0.1) is 19.8 Å². The third kappa shape index (κ3) is 3.46. The molecule has 1 amide bonds. The van der Waals surface area contributed by atoms with Crippen LogP contribution in [0, 0.1) is 0 Å². The number of halogens is 1. The molecule has 0 bridgehead atoms. The molecule has 1 aromatic rings. The molecule has 1 unspecified atom stereocenters. The quantitative estimate of drug-likeness (QED) is 0.860. The summed E-state index contributed by atoms with van der Waals surface area (Å²) in [6.45, 7) is 1.55. The summed E-state index contributed by atoms with van der Waals surface area (Å²) >= 11 is 3.29. The van der Waals surface area contributed by atoms with Crippen LogP contribution in [0.15, 0.2) is 22.7 Å². The highest BCUT2D eigenvalue weighted by atomic mass is 79.9. The predicted molar refractivity (Wildman–Crippen MR) is 69.6 cm³/mol. The first-order chi connectivity index (χ1) is 8.49. The maximum Gasteiger partial charge on any atom is 0.328 e. The summed E-state index contributed by atoms with van der Waals surface area (Å²) in [6, 6.07) is 4.30. The van der Waals surface area contributed by atoms with Crippen LogP contribution in [0.25, 0.3) is 0 Å². The summed E-state index contributed by atoms with van der Waals surface area (Å²) in [4.78, 5) is 23.2. The van der Waals surface area contributed by atoms with Crippen molar-refractivity contribution in [3.63, 3.8) is 0 Å². The van der Waals surface area contributed by atoms with E-state index in [1.165, 1.54) is 14.2 Å². The second kappa shape index (κ2) is 6.39. The molecule has 1 rings (SSSR count). The Hall–Kier alpha value is -1.56. The number of methoxy groups -OCH3 is 2. The summed E-state index contributed by atoms with van der Waals surface area (Å²) in [7, 11) is 2.74. The zero-order valence-electron chi connectivity index (χ0n) is 10.3. The van der Waals surface area contributed by atoms with Crippen molar-refractivity contribution >= 4 is 27.8 Å². The van der Waals surface area contributed by atoms with Crippen molar-refractivity contribution in [2.45, 2.75) is 13.0 Å². The van der Waals surface area contributed by atoms with E-state index < -0.39 is 17.9 Å². The second-order valence-electron chi connectivity index (χ2n) is 3.56. The van der Waals surface area contributed by atoms with Crippen molar-refractivity contribution < 1.29 is 19.1 Å². The number of carbonyl (C=O) groups excluding carboxylic acids is 2. The monoisotopic (exact) mass is 315 g/mol. The van der Waals surface area contributed by atoms with Gasteiger partial charge in [0.2, 0.25) is 0 Å². The van der Waals surface area contributed by atoms with Crippen LogP contribution in [0.5, 0.6) is 5.75 Å². The summed E-state index contributed by atoms with van der Waals surface area (Å²) in [5, 5.41) is 2.53. The minimum Gasteiger partial charge on any atom is -0.496 e. The van der Waals surface area contributed by atoms with Crippen molar-refractivity contribution in [2.24, 2.45) is 0 Å². The maximum atomic E-state index is 12.0. The van der Waals surface area contributed by atoms with Crippen molar-refractivity contribution in [1.29, 1.82) is 0 Å². The summed E-state index contributed by atoms with van der Waals surface area (Å²) < 4.78 is 10.4. The van der Waals surface area contributed by atoms with Crippen LogP contribution in [-0.2, 0) is 9.53 Å². The van der Waals surface area contributed by atoms with Gasteiger partial charge in [-0.3, -0.25) is 4.79 Å². The molecule has 0 aliphatic rings. The van der Waals surface area contributed by atoms with Crippen LogP contribution in [-0.4, -0.2) is 32.1 Å². The van der Waals surface area contributed by atoms with Gasteiger partial charge in [0.25, 0.3) is 5.91 Å². The van der Waals surface area contributed by atoms with Crippen LogP contribution in [0.4, 0.5) is 0 Å². The molecule has 0 fully saturated rings. The first-order valence-electron chi connectivity index (χ1n) is 5.21. The lowest BCUT2D eigenvalue weighted by Crippen LogP contribution is -2.39. The van der Waals surface area contributed by atoms with Gasteiger partial charge < -0.3 is 14.8 Å². The van der Waals surface area contributed by atoms with E-state index in [0.29, 0.717) is 11.3 Å². The minimum atomic E-state index is -0.712. The van der Waals surface area contributed by atoms with E-state index in [2.05, 4.69) is 26.0 Å². The number of hydrogen-bond donors (Lipinski definition) is 1. The van der Waals surface area contributed by atoms with E-state index in [0.717, 1.165) is 4.47 Å². The van der Waals surface area contributed by atoms with Crippen LogP contribution in [0.1, 0.15) is 17.3 Å². The molecule has 0 saturated heterocycles. The van der Waals surface area contributed by atoms with Crippen LogP contribution >= 0.6 is 15.9 Å². The van der Waals surface area contributed by atoms with Crippen molar-refractivity contribution in [3.8, 4) is 5.75 Å². The van der Waals surface area contributed by atoms with Crippen molar-refractivity contribution in [1.82, 2.24) is 5.32 Å². The summed E-state index contributed by atoms with van der Waals surface area (Å²) in [6.07, 6.45) is 0. The SMILES string of the molecule is COC(=O)C(C)NC(=O)c1ccc(Br)cc1OC. The Labute approximate surface area is 114 Å². The average molecular weight is 316 g/mol. The van der Waals surface area contributed by atoms with E-state index in [4.69, 9.17) is 4.74 Å². The predicted octanol–water partition coefficient (Wildman–Crippen LogP) is 1.75. The molecule has 0 heterocycles. The van der Waals surface area contributed by atoms with Gasteiger partial charge in [-0.25, -0.2) is 4.79 Å². The lowest BCUT2D eigenvalue weighted by molar-refractivity contribution is -0.142. The number of hydrogen-bond acceptors (Lipinski definition) is 4. The van der Waals surface area contributed by atoms with Gasteiger partial charge >= 0.3 is 5.97 Å². The van der Waals surface area contributed by atoms with Crippen LogP contribution in [0.3, 0.4) is 0 Å². The molecule has 5 nitrogen and oxygen atoms in total. The molecule has 0 spiro atoms. The van der Waals surface area contributed by atoms with Crippen LogP contribution in [0.2, 0.25) is 0 Å². The Morgan fingerprint density at radius 3 is 2.56 bits per heavy atom. The van der Waals surface area contributed by atoms with Gasteiger partial charge in [-0.2, -0.15) is 0 Å². The third-order valence-electron chi connectivity index (χ3n) is 2.31. The first-order valence-corrected chi connectivity index (χ1v) is 6.01. The highest BCUT2D eigenvalue weighted by Gasteiger charge is 2.19. The fourth-order valence-corrected chi connectivity index (χ4v) is 1.70. The largest absolute Gasteiger partial charge is 0.496 e. The zero-order chi connectivity index (χ0) is 13.7. The standard InChI is InChI=1S/C12H14BrNO4/c1-7(12(16)18-3)14-11(15)9-5-4-8(13)6-10(9)17-2/h4-7H,1-3H3,(H,14,15). The molecule has 98 valence electrons. The normalized spacial score (nSPS) is 11.6. The highest BCUT2D eigenvalue weighted by Crippen LogP contribution is 2.23. The Bertz CT molecular complexity index is 461. The molecule has 0 saturated carbocycles. The van der Waals surface area contributed by atoms with Gasteiger partial charge in [0.1, 0.15) is 11.8 Å². The van der Waals surface area contributed by atoms with E-state index in [9.17, 15) is 9.59 Å². The van der Waals surface area contributed by atoms with E-state index in [1.54, 1.807) is 25.1 Å². The molecule has 1 N–H and O–H groups in total. The van der Waals surface area contributed by atoms with Gasteiger partial charge in [0.15, 0.2) is 0 Å². The lowest BCUT2D eigenvalue weighted by Gasteiger charge is -2.13. The van der Waals surface area contributed by atoms with Gasteiger partial charge in [0, 0.05) is 4.47 Å². The molecular formula is C12H14BrNO4. The molecule has 0 aromatic heterocycles. The fourth-order valence-electron chi connectivity index (χ4n) is 1.36. The number of nitrogens with one attached hydrogen (secondary N) is 1. The topological polar surface area (TPSA) is 64.6 Å². The first kappa shape index (κ1) is 14.5. The summed E-state index contributed by atoms with van der Waals surface area (Å²) in [5.41, 5.74) is 0.358. The minimum absolute atomic E-state index is 0.358. The average Bonchev–Trinajstić information content (AvgIpc) is 2.37. The lowest BCUT2D eigenvalue weighted by atomic mass is 10.1. The number of benzene rings is 1. The molecule has 1 aromatic carbocycles. The molecular weight excluding hydrogens is 302 g/mol.